The largest absolute Gasteiger partial charge is 0.598 e. The summed E-state index contributed by atoms with van der Waals surface area (Å²) in [6.45, 7) is 19.6. The van der Waals surface area contributed by atoms with Gasteiger partial charge in [0.25, 0.3) is 0 Å². The van der Waals surface area contributed by atoms with Gasteiger partial charge in [0.2, 0.25) is 0 Å². The fourth-order valence-electron chi connectivity index (χ4n) is 10.4. The molecule has 1 aliphatic carbocycles. The molecule has 432 valence electrons. The van der Waals surface area contributed by atoms with Gasteiger partial charge in [-0.2, -0.15) is 43.9 Å². The lowest BCUT2D eigenvalue weighted by Gasteiger charge is -2.28. The number of nitrogens with zero attached hydrogens (tertiary/aromatic N) is 2. The van der Waals surface area contributed by atoms with Crippen LogP contribution >= 0.6 is 0 Å². The van der Waals surface area contributed by atoms with Gasteiger partial charge in [-0.05, 0) is 91.5 Å². The van der Waals surface area contributed by atoms with Crippen LogP contribution in [-0.2, 0) is 31.0 Å². The van der Waals surface area contributed by atoms with Crippen molar-refractivity contribution >= 4 is 24.1 Å². The summed E-state index contributed by atoms with van der Waals surface area (Å²) >= 11 is 0. The number of rotatable bonds is 17. The lowest BCUT2D eigenvalue weighted by Crippen LogP contribution is -2.48. The summed E-state index contributed by atoms with van der Waals surface area (Å²) < 4.78 is 158. The molecule has 0 spiro atoms. The molecule has 1 saturated carbocycles. The first-order valence-electron chi connectivity index (χ1n) is 27.8. The molecule has 4 nitrogen and oxygen atoms in total. The third-order valence-electron chi connectivity index (χ3n) is 15.5. The fourth-order valence-corrected chi connectivity index (χ4v) is 10.4. The molecule has 0 amide bonds. The Hall–Kier alpha value is -5.41. The van der Waals surface area contributed by atoms with Crippen LogP contribution in [0.4, 0.5) is 43.9 Å². The van der Waals surface area contributed by atoms with Gasteiger partial charge in [-0.15, -0.1) is 0 Å². The molecule has 1 fully saturated rings. The second kappa shape index (κ2) is 23.5. The number of aliphatic imine (C=N–C) groups is 1. The lowest BCUT2D eigenvalue weighted by atomic mass is 9.84. The summed E-state index contributed by atoms with van der Waals surface area (Å²) in [5.41, 5.74) is 7.42. The zero-order valence-electron chi connectivity index (χ0n) is 48.3. The van der Waals surface area contributed by atoms with Gasteiger partial charge in [-0.25, -0.2) is 4.99 Å². The van der Waals surface area contributed by atoms with E-state index in [1.54, 1.807) is 30.3 Å². The van der Waals surface area contributed by atoms with Crippen molar-refractivity contribution in [2.45, 2.75) is 187 Å². The zero-order valence-corrected chi connectivity index (χ0v) is 48.3. The second-order valence-corrected chi connectivity index (χ2v) is 25.9. The number of halogens is 10. The minimum atomic E-state index is -6.20. The van der Waals surface area contributed by atoms with E-state index in [2.05, 4.69) is 41.5 Å². The third kappa shape index (κ3) is 14.6. The molecule has 1 aromatic heterocycles. The Morgan fingerprint density at radius 1 is 0.512 bits per heavy atom. The molecule has 80 heavy (non-hydrogen) atoms. The van der Waals surface area contributed by atoms with E-state index in [1.165, 1.54) is 0 Å². The topological polar surface area (TPSA) is 35.8 Å². The normalized spacial score (nSPS) is 16.3. The highest BCUT2D eigenvalue weighted by Crippen LogP contribution is 2.47. The SMILES string of the molecule is CC(C)(C)c1ccc(C2=CC(c3ccc(C(C)(C)C)cc3)=N/C2=C(/CCCCC2CCCCC2)c2c(-c3ccc(C(C)(C)C)cc3)cc(-c3ccc(C(C)(C)C)cc3)n2B(OCC(F)(F)C(F)(F)F)OCC(F)(F)C(F)(F)F)cc1. The quantitative estimate of drug-likeness (QED) is 0.0528. The van der Waals surface area contributed by atoms with Crippen LogP contribution < -0.4 is 0 Å². The van der Waals surface area contributed by atoms with Crippen molar-refractivity contribution in [3.05, 3.63) is 154 Å². The third-order valence-corrected chi connectivity index (χ3v) is 15.5. The zero-order chi connectivity index (χ0) is 59.0. The van der Waals surface area contributed by atoms with Crippen LogP contribution in [-0.4, -0.2) is 54.9 Å². The molecule has 0 N–H and O–H groups in total. The summed E-state index contributed by atoms with van der Waals surface area (Å²) in [5.74, 6) is -10.7. The van der Waals surface area contributed by atoms with Crippen LogP contribution in [0.3, 0.4) is 0 Å². The van der Waals surface area contributed by atoms with E-state index in [0.717, 1.165) is 82.8 Å². The summed E-state index contributed by atoms with van der Waals surface area (Å²) in [5, 5.41) is 0. The van der Waals surface area contributed by atoms with Gasteiger partial charge < -0.3 is 13.8 Å². The average Bonchev–Trinajstić information content (AvgIpc) is 4.11. The lowest BCUT2D eigenvalue weighted by molar-refractivity contribution is -0.295. The van der Waals surface area contributed by atoms with Crippen molar-refractivity contribution in [2.75, 3.05) is 13.2 Å². The molecule has 0 saturated heterocycles. The predicted octanol–water partition coefficient (Wildman–Crippen LogP) is 19.7. The highest BCUT2D eigenvalue weighted by molar-refractivity contribution is 6.44. The Morgan fingerprint density at radius 3 is 1.32 bits per heavy atom. The number of allylic oxidation sites excluding steroid dienone is 3. The first-order valence-corrected chi connectivity index (χ1v) is 27.8. The molecule has 2 heterocycles. The molecule has 2 aliphatic rings. The molecule has 0 unspecified atom stereocenters. The number of hydrogen-bond acceptors (Lipinski definition) is 3. The number of alkyl halides is 10. The van der Waals surface area contributed by atoms with Crippen LogP contribution in [0, 0.1) is 5.92 Å². The molecule has 0 bridgehead atoms. The molecule has 5 aromatic rings. The van der Waals surface area contributed by atoms with Crippen molar-refractivity contribution in [1.82, 2.24) is 4.48 Å². The molecule has 1 aliphatic heterocycles. The van der Waals surface area contributed by atoms with Crippen LogP contribution in [0.15, 0.2) is 120 Å². The minimum Gasteiger partial charge on any atom is -0.385 e. The second-order valence-electron chi connectivity index (χ2n) is 25.9. The first-order chi connectivity index (χ1) is 37.0. The van der Waals surface area contributed by atoms with Gasteiger partial charge in [-0.3, -0.25) is 0 Å². The van der Waals surface area contributed by atoms with Crippen molar-refractivity contribution < 1.29 is 53.2 Å². The summed E-state index contributed by atoms with van der Waals surface area (Å²) in [4.78, 5) is 5.43. The molecule has 7 rings (SSSR count). The van der Waals surface area contributed by atoms with E-state index in [0.29, 0.717) is 51.6 Å². The van der Waals surface area contributed by atoms with Crippen molar-refractivity contribution in [2.24, 2.45) is 10.9 Å². The Bertz CT molecular complexity index is 2970. The highest BCUT2D eigenvalue weighted by atomic mass is 19.4. The first kappa shape index (κ1) is 62.2. The Kier molecular flexibility index (Phi) is 18.2. The Morgan fingerprint density at radius 2 is 0.912 bits per heavy atom. The van der Waals surface area contributed by atoms with E-state index in [-0.39, 0.29) is 39.5 Å². The summed E-state index contributed by atoms with van der Waals surface area (Å²) in [6.07, 6.45) is -2.65. The predicted molar refractivity (Wildman–Crippen MR) is 305 cm³/mol. The standard InChI is InChI=1S/C65H77BF10N2O2/c1-58(2,3)47-30-22-43(23-31-47)52-38-54(45-26-34-49(35-27-45)60(7,8)9)77-56(52)51(21-17-16-20-42-18-14-13-15-19-42)57-53(44-24-32-48(33-25-44)59(4,5)6)39-55(46-28-36-50(37-29-46)61(10,11)12)78(57)66(79-40-62(67,68)64(71,72)73)80-41-63(69,70)65(74,75)76/h22-39,42H,13-21,40-41H2,1-12H3/b56-51-. The van der Waals surface area contributed by atoms with Gasteiger partial charge in [0.15, 0.2) is 0 Å². The maximum atomic E-state index is 15.3. The Labute approximate surface area is 467 Å². The molecule has 4 aromatic carbocycles. The fraction of sp³-hybridized carbons (Fsp3) is 0.492. The van der Waals surface area contributed by atoms with Crippen molar-refractivity contribution in [3.63, 3.8) is 0 Å². The van der Waals surface area contributed by atoms with Gasteiger partial charge >= 0.3 is 31.5 Å². The highest BCUT2D eigenvalue weighted by Gasteiger charge is 2.60. The van der Waals surface area contributed by atoms with Crippen LogP contribution in [0.5, 0.6) is 0 Å². The van der Waals surface area contributed by atoms with Crippen LogP contribution in [0.2, 0.25) is 0 Å². The molecular formula is C65H77BF10N2O2. The van der Waals surface area contributed by atoms with E-state index in [4.69, 9.17) is 14.3 Å². The molecule has 0 atom stereocenters. The maximum absolute atomic E-state index is 15.3. The number of hydrogen-bond donors (Lipinski definition) is 0. The van der Waals surface area contributed by atoms with Crippen molar-refractivity contribution in [3.8, 4) is 22.4 Å². The molecular weight excluding hydrogens is 1040 g/mol. The van der Waals surface area contributed by atoms with E-state index < -0.39 is 44.7 Å². The Balaban J connectivity index is 1.63. The maximum Gasteiger partial charge on any atom is 0.598 e. The van der Waals surface area contributed by atoms with E-state index >= 15 is 17.6 Å². The van der Waals surface area contributed by atoms with Gasteiger partial charge in [0.05, 0.1) is 11.4 Å². The van der Waals surface area contributed by atoms with E-state index in [9.17, 15) is 26.3 Å². The van der Waals surface area contributed by atoms with E-state index in [1.807, 2.05) is 120 Å². The van der Waals surface area contributed by atoms with Crippen LogP contribution in [0.25, 0.3) is 33.5 Å². The van der Waals surface area contributed by atoms with Gasteiger partial charge in [0, 0.05) is 33.7 Å². The minimum absolute atomic E-state index is 0.0198. The number of aromatic nitrogens is 1. The summed E-state index contributed by atoms with van der Waals surface area (Å²) in [6, 6.07) is 32.0. The molecule has 0 radical (unpaired) electrons. The van der Waals surface area contributed by atoms with Crippen LogP contribution in [0.1, 0.15) is 180 Å². The van der Waals surface area contributed by atoms with Crippen molar-refractivity contribution in [1.29, 1.82) is 0 Å². The summed E-state index contributed by atoms with van der Waals surface area (Å²) in [7, 11) is -2.74. The van der Waals surface area contributed by atoms with Gasteiger partial charge in [0.1, 0.15) is 13.2 Å². The average molecular weight is 1120 g/mol. The number of unbranched alkanes of at least 4 members (excludes halogenated alkanes) is 1. The number of benzene rings is 4. The monoisotopic (exact) mass is 1120 g/mol. The smallest absolute Gasteiger partial charge is 0.385 e. The molecule has 15 heteroatoms. The van der Waals surface area contributed by atoms with Gasteiger partial charge in [-0.1, -0.05) is 225 Å².